The zero-order valence-corrected chi connectivity index (χ0v) is 12.7. The van der Waals surface area contributed by atoms with E-state index in [1.807, 2.05) is 0 Å². The predicted molar refractivity (Wildman–Crippen MR) is 76.3 cm³/mol. The molecule has 4 nitrogen and oxygen atoms in total. The molecule has 0 radical (unpaired) electrons. The Morgan fingerprint density at radius 3 is 2.80 bits per heavy atom. The van der Waals surface area contributed by atoms with Gasteiger partial charge in [-0.05, 0) is 37.1 Å². The summed E-state index contributed by atoms with van der Waals surface area (Å²) >= 11 is 0. The Morgan fingerprint density at radius 1 is 1.45 bits per heavy atom. The normalized spacial score (nSPS) is 20.4. The highest BCUT2D eigenvalue weighted by molar-refractivity contribution is 7.89. The average molecular weight is 300 g/mol. The van der Waals surface area contributed by atoms with Gasteiger partial charge in [0, 0.05) is 19.6 Å². The molecular weight excluding hydrogens is 279 g/mol. The first kappa shape index (κ1) is 15.4. The maximum atomic E-state index is 13.4. The van der Waals surface area contributed by atoms with E-state index in [1.165, 1.54) is 16.4 Å². The molecule has 1 N–H and O–H groups in total. The first-order chi connectivity index (χ1) is 9.48. The Kier molecular flexibility index (Phi) is 4.78. The monoisotopic (exact) mass is 300 g/mol. The van der Waals surface area contributed by atoms with Crippen molar-refractivity contribution in [3.05, 3.63) is 29.6 Å². The van der Waals surface area contributed by atoms with Gasteiger partial charge in [-0.3, -0.25) is 0 Å². The lowest BCUT2D eigenvalue weighted by molar-refractivity contribution is 0.451. The molecule has 1 atom stereocenters. The van der Waals surface area contributed by atoms with Crippen LogP contribution in [0.4, 0.5) is 4.39 Å². The fraction of sp³-hybridized carbons (Fsp3) is 0.571. The van der Waals surface area contributed by atoms with E-state index in [0.717, 1.165) is 18.9 Å². The van der Waals surface area contributed by atoms with Crippen LogP contribution in [0.3, 0.4) is 0 Å². The van der Waals surface area contributed by atoms with E-state index in [9.17, 15) is 12.8 Å². The molecule has 6 heteroatoms. The van der Waals surface area contributed by atoms with Gasteiger partial charge in [0.25, 0.3) is 0 Å². The minimum atomic E-state index is -3.60. The third-order valence-corrected chi connectivity index (χ3v) is 5.79. The highest BCUT2D eigenvalue weighted by Crippen LogP contribution is 2.28. The van der Waals surface area contributed by atoms with Crippen molar-refractivity contribution < 1.29 is 12.8 Å². The molecule has 1 aromatic carbocycles. The molecule has 20 heavy (non-hydrogen) atoms. The SMILES string of the molecule is CCC1CCN(S(=O)(=O)c2cc(F)ccc2CNC)C1. The molecule has 0 bridgehead atoms. The lowest BCUT2D eigenvalue weighted by Crippen LogP contribution is -2.30. The lowest BCUT2D eigenvalue weighted by atomic mass is 10.1. The van der Waals surface area contributed by atoms with Crippen LogP contribution in [0.5, 0.6) is 0 Å². The van der Waals surface area contributed by atoms with Gasteiger partial charge in [-0.2, -0.15) is 4.31 Å². The molecule has 1 aliphatic rings. The van der Waals surface area contributed by atoms with Crippen molar-refractivity contribution in [3.63, 3.8) is 0 Å². The van der Waals surface area contributed by atoms with E-state index in [1.54, 1.807) is 7.05 Å². The average Bonchev–Trinajstić information content (AvgIpc) is 2.90. The molecule has 1 aromatic rings. The van der Waals surface area contributed by atoms with Gasteiger partial charge in [-0.25, -0.2) is 12.8 Å². The fourth-order valence-corrected chi connectivity index (χ4v) is 4.36. The molecule has 0 amide bonds. The van der Waals surface area contributed by atoms with Crippen molar-refractivity contribution in [3.8, 4) is 0 Å². The summed E-state index contributed by atoms with van der Waals surface area (Å²) in [6.07, 6.45) is 1.85. The van der Waals surface area contributed by atoms with Crippen LogP contribution in [-0.2, 0) is 16.6 Å². The summed E-state index contributed by atoms with van der Waals surface area (Å²) < 4.78 is 40.3. The number of hydrogen-bond donors (Lipinski definition) is 1. The molecule has 1 aliphatic heterocycles. The maximum absolute atomic E-state index is 13.4. The Labute approximate surface area is 120 Å². The van der Waals surface area contributed by atoms with E-state index in [0.29, 0.717) is 31.1 Å². The molecular formula is C14H21FN2O2S. The first-order valence-electron chi connectivity index (χ1n) is 6.92. The quantitative estimate of drug-likeness (QED) is 0.904. The van der Waals surface area contributed by atoms with Crippen molar-refractivity contribution in [2.75, 3.05) is 20.1 Å². The number of rotatable bonds is 5. The van der Waals surface area contributed by atoms with Gasteiger partial charge < -0.3 is 5.32 Å². The van der Waals surface area contributed by atoms with E-state index in [4.69, 9.17) is 0 Å². The number of sulfonamides is 1. The van der Waals surface area contributed by atoms with Gasteiger partial charge in [0.2, 0.25) is 10.0 Å². The van der Waals surface area contributed by atoms with Crippen molar-refractivity contribution >= 4 is 10.0 Å². The van der Waals surface area contributed by atoms with Crippen LogP contribution in [-0.4, -0.2) is 32.9 Å². The zero-order valence-electron chi connectivity index (χ0n) is 11.9. The van der Waals surface area contributed by atoms with Crippen molar-refractivity contribution in [1.29, 1.82) is 0 Å². The molecule has 1 unspecified atom stereocenters. The summed E-state index contributed by atoms with van der Waals surface area (Å²) in [6.45, 7) is 3.53. The van der Waals surface area contributed by atoms with E-state index in [2.05, 4.69) is 12.2 Å². The second kappa shape index (κ2) is 6.20. The first-order valence-corrected chi connectivity index (χ1v) is 8.36. The van der Waals surface area contributed by atoms with Crippen LogP contribution in [0.1, 0.15) is 25.3 Å². The number of nitrogens with zero attached hydrogens (tertiary/aromatic N) is 1. The molecule has 0 spiro atoms. The molecule has 2 rings (SSSR count). The summed E-state index contributed by atoms with van der Waals surface area (Å²) in [6, 6.07) is 3.96. The Hall–Kier alpha value is -0.980. The van der Waals surface area contributed by atoms with Crippen molar-refractivity contribution in [2.45, 2.75) is 31.2 Å². The van der Waals surface area contributed by atoms with Crippen LogP contribution >= 0.6 is 0 Å². The lowest BCUT2D eigenvalue weighted by Gasteiger charge is -2.19. The Bertz CT molecular complexity index is 575. The number of nitrogens with one attached hydrogen (secondary N) is 1. The fourth-order valence-electron chi connectivity index (χ4n) is 2.59. The predicted octanol–water partition coefficient (Wildman–Crippen LogP) is 1.97. The van der Waals surface area contributed by atoms with Crippen LogP contribution < -0.4 is 5.32 Å². The number of benzene rings is 1. The van der Waals surface area contributed by atoms with Gasteiger partial charge in [-0.15, -0.1) is 0 Å². The zero-order chi connectivity index (χ0) is 14.8. The minimum absolute atomic E-state index is 0.0867. The van der Waals surface area contributed by atoms with Gasteiger partial charge in [0.05, 0.1) is 4.90 Å². The number of hydrogen-bond acceptors (Lipinski definition) is 3. The van der Waals surface area contributed by atoms with Gasteiger partial charge in [-0.1, -0.05) is 19.4 Å². The molecule has 0 aromatic heterocycles. The topological polar surface area (TPSA) is 49.4 Å². The standard InChI is InChI=1S/C14H21FN2O2S/c1-3-11-6-7-17(10-11)20(18,19)14-8-13(15)5-4-12(14)9-16-2/h4-5,8,11,16H,3,6-7,9-10H2,1-2H3. The molecule has 112 valence electrons. The van der Waals surface area contributed by atoms with Crippen molar-refractivity contribution in [1.82, 2.24) is 9.62 Å². The van der Waals surface area contributed by atoms with Crippen LogP contribution in [0.15, 0.2) is 23.1 Å². The summed E-state index contributed by atoms with van der Waals surface area (Å²) in [7, 11) is -1.86. The molecule has 0 aliphatic carbocycles. The molecule has 1 fully saturated rings. The smallest absolute Gasteiger partial charge is 0.243 e. The third kappa shape index (κ3) is 3.02. The highest BCUT2D eigenvalue weighted by atomic mass is 32.2. The van der Waals surface area contributed by atoms with Crippen LogP contribution in [0.25, 0.3) is 0 Å². The van der Waals surface area contributed by atoms with E-state index < -0.39 is 15.8 Å². The molecule has 1 heterocycles. The van der Waals surface area contributed by atoms with Gasteiger partial charge in [0.15, 0.2) is 0 Å². The summed E-state index contributed by atoms with van der Waals surface area (Å²) in [5, 5.41) is 2.92. The summed E-state index contributed by atoms with van der Waals surface area (Å²) in [4.78, 5) is 0.0867. The Balaban J connectivity index is 2.36. The Morgan fingerprint density at radius 2 is 2.20 bits per heavy atom. The van der Waals surface area contributed by atoms with Crippen molar-refractivity contribution in [2.24, 2.45) is 5.92 Å². The van der Waals surface area contributed by atoms with Gasteiger partial charge >= 0.3 is 0 Å². The highest BCUT2D eigenvalue weighted by Gasteiger charge is 2.33. The maximum Gasteiger partial charge on any atom is 0.243 e. The third-order valence-electron chi connectivity index (χ3n) is 3.84. The second-order valence-corrected chi connectivity index (χ2v) is 7.11. The largest absolute Gasteiger partial charge is 0.316 e. The number of halogens is 1. The molecule has 1 saturated heterocycles. The van der Waals surface area contributed by atoms with Gasteiger partial charge in [0.1, 0.15) is 5.82 Å². The summed E-state index contributed by atoms with van der Waals surface area (Å²) in [5.41, 5.74) is 0.605. The molecule has 0 saturated carbocycles. The van der Waals surface area contributed by atoms with E-state index in [-0.39, 0.29) is 4.90 Å². The van der Waals surface area contributed by atoms with E-state index >= 15 is 0 Å². The second-order valence-electron chi connectivity index (χ2n) is 5.21. The van der Waals surface area contributed by atoms with Crippen LogP contribution in [0, 0.1) is 11.7 Å². The summed E-state index contributed by atoms with van der Waals surface area (Å²) in [5.74, 6) is -0.110. The minimum Gasteiger partial charge on any atom is -0.316 e. The van der Waals surface area contributed by atoms with Crippen LogP contribution in [0.2, 0.25) is 0 Å².